The Balaban J connectivity index is 1.45. The van der Waals surface area contributed by atoms with E-state index in [4.69, 9.17) is 0 Å². The molecule has 0 aliphatic carbocycles. The van der Waals surface area contributed by atoms with Crippen molar-refractivity contribution in [1.82, 2.24) is 24.7 Å². The quantitative estimate of drug-likeness (QED) is 0.796. The molecular weight excluding hydrogens is 314 g/mol. The number of fused-ring (bicyclic) bond motifs is 2. The van der Waals surface area contributed by atoms with Crippen molar-refractivity contribution in [2.75, 3.05) is 11.9 Å². The van der Waals surface area contributed by atoms with Gasteiger partial charge in [-0.2, -0.15) is 0 Å². The monoisotopic (exact) mass is 330 g/mol. The first-order chi connectivity index (χ1) is 11.7. The fourth-order valence-electron chi connectivity index (χ4n) is 2.95. The first kappa shape index (κ1) is 14.9. The zero-order valence-corrected chi connectivity index (χ0v) is 13.0. The molecule has 1 aliphatic rings. The van der Waals surface area contributed by atoms with Gasteiger partial charge in [0.25, 0.3) is 0 Å². The largest absolute Gasteiger partial charge is 0.368 e. The number of rotatable bonds is 4. The summed E-state index contributed by atoms with van der Waals surface area (Å²) >= 11 is 0. The molecular formula is C16H16F2N6. The third-order valence-electron chi connectivity index (χ3n) is 4.18. The lowest BCUT2D eigenvalue weighted by molar-refractivity contribution is 0.508. The molecule has 2 aromatic heterocycles. The highest BCUT2D eigenvalue weighted by Gasteiger charge is 2.15. The van der Waals surface area contributed by atoms with Crippen LogP contribution < -0.4 is 5.32 Å². The lowest BCUT2D eigenvalue weighted by Crippen LogP contribution is -2.16. The minimum atomic E-state index is -0.927. The van der Waals surface area contributed by atoms with Crippen LogP contribution >= 0.6 is 0 Å². The van der Waals surface area contributed by atoms with Gasteiger partial charge in [0.1, 0.15) is 17.5 Å². The topological polar surface area (TPSA) is 68.5 Å². The summed E-state index contributed by atoms with van der Waals surface area (Å²) in [5, 5.41) is 11.6. The van der Waals surface area contributed by atoms with Gasteiger partial charge in [-0.25, -0.2) is 13.8 Å². The van der Waals surface area contributed by atoms with E-state index in [0.717, 1.165) is 43.2 Å². The summed E-state index contributed by atoms with van der Waals surface area (Å²) < 4.78 is 28.6. The van der Waals surface area contributed by atoms with Crippen LogP contribution in [0.15, 0.2) is 18.3 Å². The van der Waals surface area contributed by atoms with Crippen molar-refractivity contribution >= 4 is 16.9 Å². The van der Waals surface area contributed by atoms with Crippen LogP contribution in [0.25, 0.3) is 11.0 Å². The molecule has 1 aromatic carbocycles. The molecule has 3 aromatic rings. The van der Waals surface area contributed by atoms with Crippen LogP contribution in [0.4, 0.5) is 14.6 Å². The van der Waals surface area contributed by atoms with Crippen molar-refractivity contribution < 1.29 is 8.78 Å². The molecule has 0 amide bonds. The van der Waals surface area contributed by atoms with E-state index in [1.807, 2.05) is 0 Å². The van der Waals surface area contributed by atoms with Gasteiger partial charge in [-0.05, 0) is 12.8 Å². The molecule has 0 fully saturated rings. The van der Waals surface area contributed by atoms with Gasteiger partial charge in [0.15, 0.2) is 11.6 Å². The van der Waals surface area contributed by atoms with Crippen LogP contribution in [0, 0.1) is 11.6 Å². The maximum Gasteiger partial charge on any atom is 0.161 e. The van der Waals surface area contributed by atoms with Crippen molar-refractivity contribution in [3.05, 3.63) is 41.6 Å². The average molecular weight is 330 g/mol. The van der Waals surface area contributed by atoms with Crippen LogP contribution in [-0.4, -0.2) is 31.3 Å². The third kappa shape index (κ3) is 2.79. The average Bonchev–Trinajstić information content (AvgIpc) is 3.00. The number of hydrogen-bond acceptors (Lipinski definition) is 5. The Morgan fingerprint density at radius 2 is 1.92 bits per heavy atom. The Labute approximate surface area is 137 Å². The molecule has 1 aliphatic heterocycles. The van der Waals surface area contributed by atoms with Crippen LogP contribution in [0.5, 0.6) is 0 Å². The molecule has 3 heterocycles. The van der Waals surface area contributed by atoms with Crippen molar-refractivity contribution in [3.63, 3.8) is 0 Å². The van der Waals surface area contributed by atoms with Gasteiger partial charge in [-0.15, -0.1) is 10.2 Å². The van der Waals surface area contributed by atoms with Gasteiger partial charge in [-0.1, -0.05) is 0 Å². The Kier molecular flexibility index (Phi) is 3.79. The highest BCUT2D eigenvalue weighted by Crippen LogP contribution is 2.17. The van der Waals surface area contributed by atoms with Gasteiger partial charge in [0.2, 0.25) is 0 Å². The first-order valence-corrected chi connectivity index (χ1v) is 7.97. The third-order valence-corrected chi connectivity index (χ3v) is 4.18. The van der Waals surface area contributed by atoms with E-state index < -0.39 is 11.6 Å². The van der Waals surface area contributed by atoms with Crippen molar-refractivity contribution in [2.24, 2.45) is 0 Å². The van der Waals surface area contributed by atoms with E-state index in [-0.39, 0.29) is 0 Å². The fraction of sp³-hybridized carbons (Fsp3) is 0.375. The number of nitrogens with one attached hydrogen (secondary N) is 1. The zero-order chi connectivity index (χ0) is 16.5. The summed E-state index contributed by atoms with van der Waals surface area (Å²) in [6.07, 6.45) is 5.53. The van der Waals surface area contributed by atoms with Gasteiger partial charge >= 0.3 is 0 Å². The summed E-state index contributed by atoms with van der Waals surface area (Å²) in [6.45, 7) is 1.58. The maximum atomic E-state index is 13.3. The fourth-order valence-corrected chi connectivity index (χ4v) is 2.95. The SMILES string of the molecule is Fc1cc2ncc(NCCc3nnc4n3CCCC4)nc2cc1F. The molecule has 0 saturated heterocycles. The van der Waals surface area contributed by atoms with Crippen molar-refractivity contribution in [2.45, 2.75) is 32.2 Å². The molecule has 0 saturated carbocycles. The molecule has 8 heteroatoms. The minimum Gasteiger partial charge on any atom is -0.368 e. The summed E-state index contributed by atoms with van der Waals surface area (Å²) in [4.78, 5) is 8.36. The van der Waals surface area contributed by atoms with E-state index >= 15 is 0 Å². The van der Waals surface area contributed by atoms with Crippen LogP contribution in [0.3, 0.4) is 0 Å². The molecule has 6 nitrogen and oxygen atoms in total. The standard InChI is InChI=1S/C16H16F2N6/c17-10-7-12-13(8-11(10)18)21-14(9-20-12)19-5-4-16-23-22-15-3-1-2-6-24(15)16/h7-9H,1-6H2,(H,19,21). The molecule has 4 rings (SSSR count). The molecule has 0 atom stereocenters. The minimum absolute atomic E-state index is 0.318. The lowest BCUT2D eigenvalue weighted by atomic mass is 10.1. The van der Waals surface area contributed by atoms with E-state index in [9.17, 15) is 8.78 Å². The molecule has 0 spiro atoms. The second-order valence-electron chi connectivity index (χ2n) is 5.83. The normalized spacial score (nSPS) is 13.9. The molecule has 124 valence electrons. The molecule has 0 bridgehead atoms. The molecule has 1 N–H and O–H groups in total. The van der Waals surface area contributed by atoms with Gasteiger partial charge in [-0.3, -0.25) is 4.98 Å². The van der Waals surface area contributed by atoms with E-state index in [1.165, 1.54) is 12.6 Å². The van der Waals surface area contributed by atoms with E-state index in [0.29, 0.717) is 29.8 Å². The zero-order valence-electron chi connectivity index (χ0n) is 13.0. The Hall–Kier alpha value is -2.64. The number of benzene rings is 1. The summed E-state index contributed by atoms with van der Waals surface area (Å²) in [5.74, 6) is 0.684. The predicted molar refractivity (Wildman–Crippen MR) is 84.6 cm³/mol. The highest BCUT2D eigenvalue weighted by molar-refractivity contribution is 5.75. The second kappa shape index (κ2) is 6.10. The lowest BCUT2D eigenvalue weighted by Gasteiger charge is -2.14. The predicted octanol–water partition coefficient (Wildman–Crippen LogP) is 2.49. The number of anilines is 1. The Morgan fingerprint density at radius 1 is 1.08 bits per heavy atom. The van der Waals surface area contributed by atoms with E-state index in [1.54, 1.807) is 0 Å². The van der Waals surface area contributed by atoms with Gasteiger partial charge in [0.05, 0.1) is 17.2 Å². The number of aromatic nitrogens is 5. The summed E-state index contributed by atoms with van der Waals surface area (Å²) in [5.41, 5.74) is 0.643. The first-order valence-electron chi connectivity index (χ1n) is 7.97. The summed E-state index contributed by atoms with van der Waals surface area (Å²) in [6, 6.07) is 2.10. The van der Waals surface area contributed by atoms with Crippen molar-refractivity contribution in [1.29, 1.82) is 0 Å². The Morgan fingerprint density at radius 3 is 2.79 bits per heavy atom. The Bertz CT molecular complexity index is 892. The molecule has 0 unspecified atom stereocenters. The maximum absolute atomic E-state index is 13.3. The number of hydrogen-bond donors (Lipinski definition) is 1. The smallest absolute Gasteiger partial charge is 0.161 e. The van der Waals surface area contributed by atoms with Crippen LogP contribution in [0.2, 0.25) is 0 Å². The molecule has 24 heavy (non-hydrogen) atoms. The van der Waals surface area contributed by atoms with Crippen LogP contribution in [0.1, 0.15) is 24.5 Å². The number of nitrogens with zero attached hydrogens (tertiary/aromatic N) is 5. The van der Waals surface area contributed by atoms with Gasteiger partial charge in [0, 0.05) is 38.1 Å². The highest BCUT2D eigenvalue weighted by atomic mass is 19.2. The number of halogens is 2. The van der Waals surface area contributed by atoms with Gasteiger partial charge < -0.3 is 9.88 Å². The summed E-state index contributed by atoms with van der Waals surface area (Å²) in [7, 11) is 0. The second-order valence-corrected chi connectivity index (χ2v) is 5.83. The number of aryl methyl sites for hydroxylation is 1. The van der Waals surface area contributed by atoms with Crippen LogP contribution in [-0.2, 0) is 19.4 Å². The molecule has 0 radical (unpaired) electrons. The van der Waals surface area contributed by atoms with E-state index in [2.05, 4.69) is 30.0 Å². The van der Waals surface area contributed by atoms with Crippen molar-refractivity contribution in [3.8, 4) is 0 Å².